The van der Waals surface area contributed by atoms with Crippen LogP contribution >= 0.6 is 0 Å². The smallest absolute Gasteiger partial charge is 0.346 e. The molecule has 0 amide bonds. The molecule has 0 aliphatic carbocycles. The zero-order valence-electron chi connectivity index (χ0n) is 10.7. The van der Waals surface area contributed by atoms with Crippen LogP contribution in [0.2, 0.25) is 0 Å². The van der Waals surface area contributed by atoms with E-state index in [1.807, 2.05) is 0 Å². The molecule has 110 valence electrons. The van der Waals surface area contributed by atoms with Crippen LogP contribution in [0.3, 0.4) is 0 Å². The summed E-state index contributed by atoms with van der Waals surface area (Å²) in [7, 11) is 1.09. The van der Waals surface area contributed by atoms with Crippen LogP contribution in [0.5, 0.6) is 0 Å². The second-order valence-electron chi connectivity index (χ2n) is 3.80. The SMILES string of the molecule is COC(=O)C(Cc1ccc([N+](=O)[O-])c([N+](=O)[O-])c1)N=C=O. The van der Waals surface area contributed by atoms with Crippen LogP contribution < -0.4 is 0 Å². The van der Waals surface area contributed by atoms with Crippen molar-refractivity contribution in [3.8, 4) is 0 Å². The molecule has 1 atom stereocenters. The second kappa shape index (κ2) is 6.87. The van der Waals surface area contributed by atoms with Gasteiger partial charge >= 0.3 is 17.3 Å². The maximum atomic E-state index is 11.4. The van der Waals surface area contributed by atoms with Crippen molar-refractivity contribution in [1.29, 1.82) is 0 Å². The van der Waals surface area contributed by atoms with E-state index in [1.54, 1.807) is 0 Å². The number of hydrogen-bond acceptors (Lipinski definition) is 8. The van der Waals surface area contributed by atoms with Gasteiger partial charge in [0, 0.05) is 18.6 Å². The van der Waals surface area contributed by atoms with Crippen molar-refractivity contribution >= 4 is 23.4 Å². The molecule has 0 heterocycles. The number of hydrogen-bond donors (Lipinski definition) is 0. The lowest BCUT2D eigenvalue weighted by atomic mass is 10.0. The fraction of sp³-hybridized carbons (Fsp3) is 0.273. The Hall–Kier alpha value is -3.13. The van der Waals surface area contributed by atoms with Gasteiger partial charge in [-0.05, 0) is 5.56 Å². The Kier molecular flexibility index (Phi) is 5.21. The van der Waals surface area contributed by atoms with Gasteiger partial charge in [0.25, 0.3) is 0 Å². The summed E-state index contributed by atoms with van der Waals surface area (Å²) in [5, 5.41) is 21.5. The van der Waals surface area contributed by atoms with Gasteiger partial charge in [-0.3, -0.25) is 20.2 Å². The van der Waals surface area contributed by atoms with Gasteiger partial charge in [-0.15, -0.1) is 0 Å². The minimum atomic E-state index is -1.21. The summed E-state index contributed by atoms with van der Waals surface area (Å²) in [6.45, 7) is 0. The molecule has 0 fully saturated rings. The first-order chi connectivity index (χ1) is 9.90. The van der Waals surface area contributed by atoms with Crippen molar-refractivity contribution in [3.63, 3.8) is 0 Å². The molecule has 1 aromatic carbocycles. The summed E-state index contributed by atoms with van der Waals surface area (Å²) in [6, 6.07) is 1.93. The van der Waals surface area contributed by atoms with Crippen molar-refractivity contribution in [2.24, 2.45) is 4.99 Å². The van der Waals surface area contributed by atoms with Crippen LogP contribution in [0, 0.1) is 20.2 Å². The molecule has 10 heteroatoms. The minimum Gasteiger partial charge on any atom is -0.467 e. The molecule has 0 radical (unpaired) electrons. The number of isocyanates is 1. The monoisotopic (exact) mass is 295 g/mol. The van der Waals surface area contributed by atoms with Gasteiger partial charge in [0.2, 0.25) is 6.08 Å². The van der Waals surface area contributed by atoms with E-state index < -0.39 is 33.2 Å². The third-order valence-electron chi connectivity index (χ3n) is 2.54. The molecular formula is C11H9N3O7. The second-order valence-corrected chi connectivity index (χ2v) is 3.80. The van der Waals surface area contributed by atoms with Gasteiger partial charge in [-0.25, -0.2) is 9.59 Å². The van der Waals surface area contributed by atoms with Crippen molar-refractivity contribution in [2.75, 3.05) is 7.11 Å². The van der Waals surface area contributed by atoms with Crippen LogP contribution in [-0.4, -0.2) is 35.0 Å². The third-order valence-corrected chi connectivity index (χ3v) is 2.54. The number of esters is 1. The Balaban J connectivity index is 3.17. The Labute approximate surface area is 117 Å². The molecule has 0 saturated heterocycles. The lowest BCUT2D eigenvalue weighted by molar-refractivity contribution is -0.422. The van der Waals surface area contributed by atoms with Crippen molar-refractivity contribution < 1.29 is 24.2 Å². The Morgan fingerprint density at radius 3 is 2.43 bits per heavy atom. The summed E-state index contributed by atoms with van der Waals surface area (Å²) in [6.07, 6.45) is 1.02. The first-order valence-electron chi connectivity index (χ1n) is 5.47. The average Bonchev–Trinajstić information content (AvgIpc) is 2.45. The van der Waals surface area contributed by atoms with Crippen molar-refractivity contribution in [3.05, 3.63) is 44.0 Å². The lowest BCUT2D eigenvalue weighted by Crippen LogP contribution is -2.22. The highest BCUT2D eigenvalue weighted by atomic mass is 16.6. The summed E-state index contributed by atoms with van der Waals surface area (Å²) < 4.78 is 4.42. The molecule has 1 rings (SSSR count). The highest BCUT2D eigenvalue weighted by Gasteiger charge is 2.26. The van der Waals surface area contributed by atoms with Crippen LogP contribution in [-0.2, 0) is 20.7 Å². The Morgan fingerprint density at radius 1 is 1.33 bits per heavy atom. The predicted octanol–water partition coefficient (Wildman–Crippen LogP) is 0.923. The Morgan fingerprint density at radius 2 is 1.95 bits per heavy atom. The lowest BCUT2D eigenvalue weighted by Gasteiger charge is -2.08. The van der Waals surface area contributed by atoms with Crippen LogP contribution in [0.4, 0.5) is 11.4 Å². The highest BCUT2D eigenvalue weighted by molar-refractivity contribution is 5.77. The summed E-state index contributed by atoms with van der Waals surface area (Å²) in [5.41, 5.74) is -1.16. The number of rotatable bonds is 6. The highest BCUT2D eigenvalue weighted by Crippen LogP contribution is 2.28. The molecular weight excluding hydrogens is 286 g/mol. The number of carbonyl (C=O) groups excluding carboxylic acids is 2. The van der Waals surface area contributed by atoms with Crippen LogP contribution in [0.25, 0.3) is 0 Å². The van der Waals surface area contributed by atoms with Gasteiger partial charge in [-0.2, -0.15) is 4.99 Å². The summed E-state index contributed by atoms with van der Waals surface area (Å²) >= 11 is 0. The summed E-state index contributed by atoms with van der Waals surface area (Å²) in [5.74, 6) is -0.820. The molecule has 0 aliphatic heterocycles. The van der Waals surface area contributed by atoms with E-state index in [2.05, 4.69) is 9.73 Å². The van der Waals surface area contributed by atoms with E-state index in [0.717, 1.165) is 19.2 Å². The first-order valence-corrected chi connectivity index (χ1v) is 5.47. The Bertz CT molecular complexity index is 637. The zero-order chi connectivity index (χ0) is 16.0. The van der Waals surface area contributed by atoms with E-state index in [9.17, 15) is 29.8 Å². The number of nitro groups is 2. The van der Waals surface area contributed by atoms with Crippen LogP contribution in [0.1, 0.15) is 5.56 Å². The number of carbonyl (C=O) groups is 1. The number of aliphatic imine (C=N–C) groups is 1. The van der Waals surface area contributed by atoms with E-state index >= 15 is 0 Å². The maximum Gasteiger partial charge on any atom is 0.346 e. The minimum absolute atomic E-state index is 0.180. The van der Waals surface area contributed by atoms with E-state index in [-0.39, 0.29) is 12.0 Å². The van der Waals surface area contributed by atoms with E-state index in [0.29, 0.717) is 0 Å². The average molecular weight is 295 g/mol. The van der Waals surface area contributed by atoms with Crippen molar-refractivity contribution in [2.45, 2.75) is 12.5 Å². The molecule has 1 unspecified atom stereocenters. The predicted molar refractivity (Wildman–Crippen MR) is 67.4 cm³/mol. The molecule has 1 aromatic rings. The number of ether oxygens (including phenoxy) is 1. The molecule has 0 saturated carbocycles. The zero-order valence-corrected chi connectivity index (χ0v) is 10.7. The molecule has 0 bridgehead atoms. The third kappa shape index (κ3) is 3.91. The quantitative estimate of drug-likeness (QED) is 0.249. The van der Waals surface area contributed by atoms with E-state index in [4.69, 9.17) is 0 Å². The molecule has 0 aromatic heterocycles. The fourth-order valence-corrected chi connectivity index (χ4v) is 1.60. The van der Waals surface area contributed by atoms with Crippen LogP contribution in [0.15, 0.2) is 23.2 Å². The van der Waals surface area contributed by atoms with Gasteiger partial charge in [0.05, 0.1) is 17.0 Å². The number of nitro benzene ring substituents is 2. The maximum absolute atomic E-state index is 11.4. The molecule has 10 nitrogen and oxygen atoms in total. The molecule has 21 heavy (non-hydrogen) atoms. The molecule has 0 N–H and O–H groups in total. The molecule has 0 spiro atoms. The first kappa shape index (κ1) is 15.9. The summed E-state index contributed by atoms with van der Waals surface area (Å²) in [4.78, 5) is 44.5. The van der Waals surface area contributed by atoms with Gasteiger partial charge in [0.15, 0.2) is 6.04 Å². The van der Waals surface area contributed by atoms with E-state index in [1.165, 1.54) is 12.1 Å². The number of methoxy groups -OCH3 is 1. The normalized spacial score (nSPS) is 11.1. The van der Waals surface area contributed by atoms with Crippen molar-refractivity contribution in [1.82, 2.24) is 0 Å². The topological polar surface area (TPSA) is 142 Å². The molecule has 0 aliphatic rings. The van der Waals surface area contributed by atoms with Gasteiger partial charge < -0.3 is 4.74 Å². The fourth-order valence-electron chi connectivity index (χ4n) is 1.60. The number of nitrogens with zero attached hydrogens (tertiary/aromatic N) is 3. The van der Waals surface area contributed by atoms with Gasteiger partial charge in [-0.1, -0.05) is 6.07 Å². The number of benzene rings is 1. The standard InChI is InChI=1S/C11H9N3O7/c1-21-11(16)8(12-6-15)4-7-2-3-9(13(17)18)10(5-7)14(19)20/h2-3,5,8H,4H2,1H3. The largest absolute Gasteiger partial charge is 0.467 e. The van der Waals surface area contributed by atoms with Gasteiger partial charge in [0.1, 0.15) is 0 Å².